The molecule has 0 aliphatic carbocycles. The van der Waals surface area contributed by atoms with Gasteiger partial charge in [0.25, 0.3) is 0 Å². The molecular weight excluding hydrogens is 262 g/mol. The fourth-order valence-corrected chi connectivity index (χ4v) is 2.69. The molecule has 19 heavy (non-hydrogen) atoms. The van der Waals surface area contributed by atoms with E-state index in [4.69, 9.17) is 16.7 Å². The van der Waals surface area contributed by atoms with E-state index in [1.165, 1.54) is 0 Å². The van der Waals surface area contributed by atoms with Gasteiger partial charge in [0.15, 0.2) is 0 Å². The molecule has 0 bridgehead atoms. The van der Waals surface area contributed by atoms with Crippen molar-refractivity contribution >= 4 is 29.3 Å². The molecule has 1 heterocycles. The van der Waals surface area contributed by atoms with Gasteiger partial charge in [0, 0.05) is 19.2 Å². The molecule has 102 valence electrons. The van der Waals surface area contributed by atoms with Crippen LogP contribution < -0.4 is 4.90 Å². The van der Waals surface area contributed by atoms with Gasteiger partial charge in [0.2, 0.25) is 0 Å². The summed E-state index contributed by atoms with van der Waals surface area (Å²) in [6.45, 7) is 4.20. The highest BCUT2D eigenvalue weighted by Gasteiger charge is 2.19. The van der Waals surface area contributed by atoms with E-state index >= 15 is 0 Å². The number of carbonyl (C=O) groups is 1. The smallest absolute Gasteiger partial charge is 0.328 e. The van der Waals surface area contributed by atoms with Crippen LogP contribution in [0.4, 0.5) is 5.69 Å². The van der Waals surface area contributed by atoms with E-state index in [0.717, 1.165) is 49.2 Å². The fourth-order valence-electron chi connectivity index (χ4n) is 2.39. The Hall–Kier alpha value is -1.48. The summed E-state index contributed by atoms with van der Waals surface area (Å²) in [4.78, 5) is 12.9. The zero-order valence-electron chi connectivity index (χ0n) is 11.0. The second-order valence-electron chi connectivity index (χ2n) is 5.02. The molecule has 1 saturated heterocycles. The molecule has 0 radical (unpaired) electrons. The van der Waals surface area contributed by atoms with Crippen LogP contribution in [0.25, 0.3) is 6.08 Å². The number of piperidine rings is 1. The summed E-state index contributed by atoms with van der Waals surface area (Å²) in [5, 5.41) is 9.43. The molecule has 0 amide bonds. The maximum Gasteiger partial charge on any atom is 0.328 e. The number of carboxylic acid groups (broad SMARTS) is 1. The normalized spacial score (nSPS) is 17.1. The number of benzene rings is 1. The standard InChI is InChI=1S/C15H18ClNO2/c1-11-7-9-17(10-8-11)15-12(5-6-14(18)19)3-2-4-13(15)16/h2-6,11H,7-10H2,1H3,(H,18,19)/b6-5+. The molecule has 1 fully saturated rings. The van der Waals surface area contributed by atoms with Crippen molar-refractivity contribution in [3.63, 3.8) is 0 Å². The maximum atomic E-state index is 10.7. The lowest BCUT2D eigenvalue weighted by Gasteiger charge is -2.33. The minimum absolute atomic E-state index is 0.682. The summed E-state index contributed by atoms with van der Waals surface area (Å²) >= 11 is 6.29. The number of carboxylic acids is 1. The summed E-state index contributed by atoms with van der Waals surface area (Å²) in [6.07, 6.45) is 5.06. The van der Waals surface area contributed by atoms with Gasteiger partial charge in [-0.1, -0.05) is 30.7 Å². The third-order valence-corrected chi connectivity index (χ3v) is 3.83. The molecular formula is C15H18ClNO2. The number of rotatable bonds is 3. The Bertz CT molecular complexity index is 491. The molecule has 0 aromatic heterocycles. The lowest BCUT2D eigenvalue weighted by molar-refractivity contribution is -0.131. The largest absolute Gasteiger partial charge is 0.478 e. The van der Waals surface area contributed by atoms with Crippen LogP contribution in [0, 0.1) is 5.92 Å². The van der Waals surface area contributed by atoms with Gasteiger partial charge in [-0.15, -0.1) is 0 Å². The predicted molar refractivity (Wildman–Crippen MR) is 78.7 cm³/mol. The second kappa shape index (κ2) is 6.11. The molecule has 1 N–H and O–H groups in total. The van der Waals surface area contributed by atoms with Gasteiger partial charge < -0.3 is 10.0 Å². The van der Waals surface area contributed by atoms with Crippen molar-refractivity contribution in [3.05, 3.63) is 34.9 Å². The van der Waals surface area contributed by atoms with Crippen LogP contribution in [0.2, 0.25) is 5.02 Å². The van der Waals surface area contributed by atoms with Crippen molar-refractivity contribution in [1.82, 2.24) is 0 Å². The second-order valence-corrected chi connectivity index (χ2v) is 5.43. The van der Waals surface area contributed by atoms with Crippen LogP contribution in [-0.4, -0.2) is 24.2 Å². The van der Waals surface area contributed by atoms with Gasteiger partial charge in [0.05, 0.1) is 10.7 Å². The molecule has 0 saturated carbocycles. The summed E-state index contributed by atoms with van der Waals surface area (Å²) in [5.74, 6) is -0.199. The number of nitrogens with zero attached hydrogens (tertiary/aromatic N) is 1. The summed E-state index contributed by atoms with van der Waals surface area (Å²) < 4.78 is 0. The minimum Gasteiger partial charge on any atom is -0.478 e. The Labute approximate surface area is 118 Å². The van der Waals surface area contributed by atoms with Crippen molar-refractivity contribution < 1.29 is 9.90 Å². The molecule has 0 unspecified atom stereocenters. The number of hydrogen-bond donors (Lipinski definition) is 1. The molecule has 2 rings (SSSR count). The lowest BCUT2D eigenvalue weighted by Crippen LogP contribution is -2.33. The van der Waals surface area contributed by atoms with Crippen molar-refractivity contribution in [3.8, 4) is 0 Å². The Morgan fingerprint density at radius 2 is 2.11 bits per heavy atom. The monoisotopic (exact) mass is 279 g/mol. The van der Waals surface area contributed by atoms with Crippen molar-refractivity contribution in [2.24, 2.45) is 5.92 Å². The van der Waals surface area contributed by atoms with Crippen LogP contribution in [0.5, 0.6) is 0 Å². The predicted octanol–water partition coefficient (Wildman–Crippen LogP) is 3.67. The first-order valence-corrected chi connectivity index (χ1v) is 6.90. The van der Waals surface area contributed by atoms with Crippen LogP contribution in [0.1, 0.15) is 25.3 Å². The summed E-state index contributed by atoms with van der Waals surface area (Å²) in [6, 6.07) is 5.60. The van der Waals surface area contributed by atoms with Gasteiger partial charge in [-0.3, -0.25) is 0 Å². The van der Waals surface area contributed by atoms with Gasteiger partial charge in [-0.05, 0) is 36.5 Å². The van der Waals surface area contributed by atoms with Gasteiger partial charge in [0.1, 0.15) is 0 Å². The van der Waals surface area contributed by atoms with Gasteiger partial charge >= 0.3 is 5.97 Å². The number of aliphatic carboxylic acids is 1. The fraction of sp³-hybridized carbons (Fsp3) is 0.400. The zero-order valence-corrected chi connectivity index (χ0v) is 11.7. The molecule has 1 aromatic rings. The first-order chi connectivity index (χ1) is 9.08. The highest BCUT2D eigenvalue weighted by molar-refractivity contribution is 6.33. The highest BCUT2D eigenvalue weighted by atomic mass is 35.5. The topological polar surface area (TPSA) is 40.5 Å². The Kier molecular flexibility index (Phi) is 4.48. The number of hydrogen-bond acceptors (Lipinski definition) is 2. The Balaban J connectivity index is 2.30. The van der Waals surface area contributed by atoms with Crippen LogP contribution in [0.3, 0.4) is 0 Å². The van der Waals surface area contributed by atoms with Crippen molar-refractivity contribution in [2.45, 2.75) is 19.8 Å². The van der Waals surface area contributed by atoms with E-state index in [9.17, 15) is 4.79 Å². The summed E-state index contributed by atoms with van der Waals surface area (Å²) in [7, 11) is 0. The van der Waals surface area contributed by atoms with Crippen LogP contribution >= 0.6 is 11.6 Å². The molecule has 1 aliphatic heterocycles. The molecule has 0 atom stereocenters. The molecule has 3 nitrogen and oxygen atoms in total. The van der Waals surface area contributed by atoms with Crippen molar-refractivity contribution in [1.29, 1.82) is 0 Å². The van der Waals surface area contributed by atoms with Gasteiger partial charge in [-0.2, -0.15) is 0 Å². The molecule has 4 heteroatoms. The van der Waals surface area contributed by atoms with Crippen LogP contribution in [0.15, 0.2) is 24.3 Å². The first-order valence-electron chi connectivity index (χ1n) is 6.52. The lowest BCUT2D eigenvalue weighted by atomic mass is 9.98. The van der Waals surface area contributed by atoms with Gasteiger partial charge in [-0.25, -0.2) is 4.79 Å². The third-order valence-electron chi connectivity index (χ3n) is 3.52. The average molecular weight is 280 g/mol. The van der Waals surface area contributed by atoms with E-state index in [-0.39, 0.29) is 0 Å². The highest BCUT2D eigenvalue weighted by Crippen LogP contribution is 2.33. The van der Waals surface area contributed by atoms with E-state index in [1.807, 2.05) is 18.2 Å². The number of halogens is 1. The van der Waals surface area contributed by atoms with Crippen molar-refractivity contribution in [2.75, 3.05) is 18.0 Å². The van der Waals surface area contributed by atoms with E-state index in [1.54, 1.807) is 6.08 Å². The number of anilines is 1. The Morgan fingerprint density at radius 3 is 2.74 bits per heavy atom. The van der Waals surface area contributed by atoms with Crippen LogP contribution in [-0.2, 0) is 4.79 Å². The maximum absolute atomic E-state index is 10.7. The molecule has 0 spiro atoms. The average Bonchev–Trinajstić information content (AvgIpc) is 2.38. The van der Waals surface area contributed by atoms with E-state index < -0.39 is 5.97 Å². The van der Waals surface area contributed by atoms with E-state index in [0.29, 0.717) is 5.02 Å². The molecule has 1 aromatic carbocycles. The first kappa shape index (κ1) is 13.9. The Morgan fingerprint density at radius 1 is 1.42 bits per heavy atom. The summed E-state index contributed by atoms with van der Waals surface area (Å²) in [5.41, 5.74) is 1.82. The molecule has 1 aliphatic rings. The zero-order chi connectivity index (χ0) is 13.8. The third kappa shape index (κ3) is 3.51. The van der Waals surface area contributed by atoms with E-state index in [2.05, 4.69) is 11.8 Å². The SMILES string of the molecule is CC1CCN(c2c(Cl)cccc2/C=C/C(=O)O)CC1. The minimum atomic E-state index is -0.946. The number of para-hydroxylation sites is 1. The quantitative estimate of drug-likeness (QED) is 0.858.